The van der Waals surface area contributed by atoms with Gasteiger partial charge in [0.25, 0.3) is 0 Å². The zero-order valence-electron chi connectivity index (χ0n) is 32.5. The van der Waals surface area contributed by atoms with Crippen LogP contribution in [0, 0.1) is 11.6 Å². The first-order valence-electron chi connectivity index (χ1n) is 17.8. The molecule has 1 radical (unpaired) electrons. The first-order valence-corrected chi connectivity index (χ1v) is 17.8. The van der Waals surface area contributed by atoms with Crippen LogP contribution in [0.1, 0.15) is 42.0 Å². The summed E-state index contributed by atoms with van der Waals surface area (Å²) in [6.45, 7) is 0. The topological polar surface area (TPSA) is 238 Å². The molecule has 63 heavy (non-hydrogen) atoms. The first-order chi connectivity index (χ1) is 30.0. The summed E-state index contributed by atoms with van der Waals surface area (Å²) in [7, 11) is 0. The Labute approximate surface area is 372 Å². The maximum atomic E-state index is 13.2. The van der Waals surface area contributed by atoms with E-state index in [9.17, 15) is 48.4 Å². The summed E-state index contributed by atoms with van der Waals surface area (Å²) in [5.74, 6) is -5.53. The number of pyridine rings is 6. The maximum Gasteiger partial charge on any atom is 4.00 e. The van der Waals surface area contributed by atoms with E-state index < -0.39 is 23.9 Å². The molecule has 6 aromatic heterocycles. The minimum Gasteiger partial charge on any atom is -0.543 e. The number of rotatable bonds is 6. The molecule has 8 rings (SSSR count). The van der Waals surface area contributed by atoms with E-state index in [1.807, 2.05) is 60.7 Å². The molecule has 14 nitrogen and oxygen atoms in total. The Morgan fingerprint density at radius 2 is 0.556 bits per heavy atom. The van der Waals surface area contributed by atoms with Crippen LogP contribution >= 0.6 is 0 Å². The molecule has 8 aromatic rings. The van der Waals surface area contributed by atoms with E-state index in [4.69, 9.17) is 0 Å². The molecular weight excluding hydrogens is 995 g/mol. The van der Waals surface area contributed by atoms with Crippen LogP contribution < -0.4 is 20.4 Å². The normalized spacial score (nSPS) is 9.17. The number of aromatic carboxylic acids is 4. The predicted molar refractivity (Wildman–Crippen MR) is 214 cm³/mol. The molecule has 2 aromatic carbocycles. The van der Waals surface area contributed by atoms with Gasteiger partial charge in [0, 0.05) is 48.3 Å². The van der Waals surface area contributed by atoms with Crippen molar-refractivity contribution in [1.29, 1.82) is 0 Å². The van der Waals surface area contributed by atoms with Gasteiger partial charge in [0.2, 0.25) is 0 Å². The fourth-order valence-corrected chi connectivity index (χ4v) is 4.32. The fraction of sp³-hybridized carbons (Fsp3) is 0. The van der Waals surface area contributed by atoms with E-state index in [0.717, 1.165) is 11.1 Å². The van der Waals surface area contributed by atoms with E-state index in [0.29, 0.717) is 11.4 Å². The second-order valence-corrected chi connectivity index (χ2v) is 11.4. The summed E-state index contributed by atoms with van der Waals surface area (Å²) in [5.41, 5.74) is 2.30. The molecule has 0 aliphatic carbocycles. The average Bonchev–Trinajstić information content (AvgIpc) is 3.32. The van der Waals surface area contributed by atoms with Gasteiger partial charge in [-0.25, -0.2) is 8.78 Å². The molecule has 0 aliphatic rings. The molecule has 0 fully saturated rings. The van der Waals surface area contributed by atoms with Crippen LogP contribution in [0.25, 0.3) is 22.5 Å². The minimum absolute atomic E-state index is 0. The molecule has 0 spiro atoms. The number of carboxylic acids is 4. The zero-order valence-corrected chi connectivity index (χ0v) is 34.9. The molecule has 0 aliphatic heterocycles. The molecular formula is C46H32F2IrN6O8. The third kappa shape index (κ3) is 19.6. The Hall–Kier alpha value is -8.27. The van der Waals surface area contributed by atoms with Gasteiger partial charge >= 0.3 is 20.1 Å². The Kier molecular flexibility index (Phi) is 23.4. The van der Waals surface area contributed by atoms with E-state index in [1.54, 1.807) is 73.1 Å². The largest absolute Gasteiger partial charge is 4.00 e. The summed E-state index contributed by atoms with van der Waals surface area (Å²) >= 11 is 0. The molecule has 0 N–H and O–H groups in total. The van der Waals surface area contributed by atoms with Crippen molar-refractivity contribution in [2.45, 2.75) is 0 Å². The average molecular weight is 1030 g/mol. The van der Waals surface area contributed by atoms with Crippen LogP contribution in [-0.2, 0) is 20.1 Å². The smallest absolute Gasteiger partial charge is 0.543 e. The van der Waals surface area contributed by atoms with Gasteiger partial charge in [-0.1, -0.05) is 84.9 Å². The van der Waals surface area contributed by atoms with Gasteiger partial charge in [-0.05, 0) is 72.8 Å². The number of carboxylic acid groups (broad SMARTS) is 4. The van der Waals surface area contributed by atoms with Gasteiger partial charge in [0.05, 0.1) is 46.7 Å². The van der Waals surface area contributed by atoms with Crippen molar-refractivity contribution < 1.29 is 68.5 Å². The van der Waals surface area contributed by atoms with Crippen LogP contribution in [0.5, 0.6) is 0 Å². The summed E-state index contributed by atoms with van der Waals surface area (Å²) in [6, 6.07) is 43.1. The van der Waals surface area contributed by atoms with Crippen molar-refractivity contribution >= 4 is 23.9 Å². The predicted octanol–water partition coefficient (Wildman–Crippen LogP) is 3.55. The standard InChI is InChI=1S/2C11H8FN.4C6H5NO2.Ir/c2*12-10-7-4-8-13-11(10)9-5-2-1-3-6-9;4*8-6(9)5-3-1-2-4-7-5;/h2*1-8H;4*1-4H,(H,8,9);/q;;;;;;+4/p-4. The van der Waals surface area contributed by atoms with E-state index in [2.05, 4.69) is 29.9 Å². The summed E-state index contributed by atoms with van der Waals surface area (Å²) in [5, 5.41) is 40.1. The number of benzene rings is 2. The molecule has 0 amide bonds. The van der Waals surface area contributed by atoms with Crippen molar-refractivity contribution in [2.24, 2.45) is 0 Å². The van der Waals surface area contributed by atoms with Crippen molar-refractivity contribution in [1.82, 2.24) is 29.9 Å². The number of hydrogen-bond donors (Lipinski definition) is 0. The molecule has 0 bridgehead atoms. The Balaban J connectivity index is 0.000000262. The number of halogens is 2. The Bertz CT molecular complexity index is 2280. The van der Waals surface area contributed by atoms with Crippen molar-refractivity contribution in [3.05, 3.63) is 229 Å². The molecule has 0 saturated carbocycles. The van der Waals surface area contributed by atoms with Gasteiger partial charge in [-0.2, -0.15) is 0 Å². The van der Waals surface area contributed by atoms with Gasteiger partial charge in [-0.3, -0.25) is 29.9 Å². The van der Waals surface area contributed by atoms with Crippen molar-refractivity contribution in [2.75, 3.05) is 0 Å². The third-order valence-corrected chi connectivity index (χ3v) is 7.11. The zero-order chi connectivity index (χ0) is 45.0. The van der Waals surface area contributed by atoms with Gasteiger partial charge < -0.3 is 39.6 Å². The van der Waals surface area contributed by atoms with Crippen LogP contribution in [0.15, 0.2) is 195 Å². The Morgan fingerprint density at radius 1 is 0.317 bits per heavy atom. The molecule has 0 unspecified atom stereocenters. The van der Waals surface area contributed by atoms with Crippen molar-refractivity contribution in [3.8, 4) is 22.5 Å². The number of carbonyl (C=O) groups excluding carboxylic acids is 4. The van der Waals surface area contributed by atoms with Crippen LogP contribution in [0.2, 0.25) is 0 Å². The number of hydrogen-bond acceptors (Lipinski definition) is 14. The maximum absolute atomic E-state index is 13.2. The van der Waals surface area contributed by atoms with E-state index >= 15 is 0 Å². The van der Waals surface area contributed by atoms with Gasteiger partial charge in [0.15, 0.2) is 0 Å². The Morgan fingerprint density at radius 3 is 0.746 bits per heavy atom. The summed E-state index contributed by atoms with van der Waals surface area (Å²) in [6.07, 6.45) is 8.81. The van der Waals surface area contributed by atoms with Gasteiger partial charge in [-0.15, -0.1) is 0 Å². The van der Waals surface area contributed by atoms with Crippen LogP contribution in [-0.4, -0.2) is 53.8 Å². The number of aromatic nitrogens is 6. The molecule has 17 heteroatoms. The summed E-state index contributed by atoms with van der Waals surface area (Å²) in [4.78, 5) is 62.1. The van der Waals surface area contributed by atoms with Crippen LogP contribution in [0.4, 0.5) is 8.78 Å². The second kappa shape index (κ2) is 29.0. The van der Waals surface area contributed by atoms with Crippen LogP contribution in [0.3, 0.4) is 0 Å². The monoisotopic (exact) mass is 1030 g/mol. The second-order valence-electron chi connectivity index (χ2n) is 11.4. The molecule has 0 atom stereocenters. The third-order valence-electron chi connectivity index (χ3n) is 7.11. The number of carbonyl (C=O) groups is 4. The molecule has 6 heterocycles. The van der Waals surface area contributed by atoms with E-state index in [-0.39, 0.29) is 54.5 Å². The van der Waals surface area contributed by atoms with E-state index in [1.165, 1.54) is 61.2 Å². The van der Waals surface area contributed by atoms with Gasteiger partial charge in [0.1, 0.15) is 23.0 Å². The molecule has 317 valence electrons. The molecule has 0 saturated heterocycles. The SMILES string of the molecule is Fc1cccnc1-c1ccccc1.Fc1cccnc1-c1ccccc1.O=C([O-])c1ccccn1.O=C([O-])c1ccccn1.O=C([O-])c1ccccn1.O=C([O-])c1ccccn1.[Ir+4]. The minimum atomic E-state index is -1.24. The fourth-order valence-electron chi connectivity index (χ4n) is 4.32. The number of nitrogens with zero attached hydrogens (tertiary/aromatic N) is 6. The quantitative estimate of drug-likeness (QED) is 0.232. The summed E-state index contributed by atoms with van der Waals surface area (Å²) < 4.78 is 26.4. The first kappa shape index (κ1) is 50.9. The van der Waals surface area contributed by atoms with Crippen molar-refractivity contribution in [3.63, 3.8) is 0 Å².